The van der Waals surface area contributed by atoms with Crippen molar-refractivity contribution < 1.29 is 0 Å². The molecule has 0 aliphatic carbocycles. The third-order valence-corrected chi connectivity index (χ3v) is 2.37. The third kappa shape index (κ3) is 1.16. The van der Waals surface area contributed by atoms with Crippen molar-refractivity contribution in [2.24, 2.45) is 7.05 Å². The maximum absolute atomic E-state index is 5.95. The number of fused-ring (bicyclic) bond motifs is 1. The summed E-state index contributed by atoms with van der Waals surface area (Å²) in [5.74, 6) is 0. The minimum absolute atomic E-state index is 0.551. The molecule has 0 spiro atoms. The molecule has 0 aliphatic heterocycles. The fourth-order valence-electron chi connectivity index (χ4n) is 1.50. The molecule has 1 aromatic carbocycles. The second kappa shape index (κ2) is 2.92. The van der Waals surface area contributed by atoms with Gasteiger partial charge in [-0.1, -0.05) is 17.7 Å². The van der Waals surface area contributed by atoms with Gasteiger partial charge in [0.1, 0.15) is 0 Å². The van der Waals surface area contributed by atoms with Crippen molar-refractivity contribution in [2.45, 2.75) is 0 Å². The van der Waals surface area contributed by atoms with Crippen molar-refractivity contribution in [3.8, 4) is 0 Å². The van der Waals surface area contributed by atoms with Gasteiger partial charge in [-0.25, -0.2) is 0 Å². The molecular weight excluding hydrogens is 186 g/mol. The van der Waals surface area contributed by atoms with Crippen molar-refractivity contribution in [1.82, 2.24) is 9.78 Å². The largest absolute Gasteiger partial charge is 0.386 e. The monoisotopic (exact) mass is 195 g/mol. The minimum atomic E-state index is 0.551. The van der Waals surface area contributed by atoms with Gasteiger partial charge in [0.25, 0.3) is 0 Å². The van der Waals surface area contributed by atoms with E-state index in [2.05, 4.69) is 10.4 Å². The normalized spacial score (nSPS) is 10.7. The van der Waals surface area contributed by atoms with Crippen LogP contribution in [0.3, 0.4) is 0 Å². The molecular formula is C9H10ClN3. The van der Waals surface area contributed by atoms with Gasteiger partial charge in [0.05, 0.1) is 11.2 Å². The second-order valence-corrected chi connectivity index (χ2v) is 3.22. The Balaban J connectivity index is 2.88. The fraction of sp³-hybridized carbons (Fsp3) is 0.222. The summed E-state index contributed by atoms with van der Waals surface area (Å²) in [6.45, 7) is 0. The minimum Gasteiger partial charge on any atom is -0.386 e. The van der Waals surface area contributed by atoms with Gasteiger partial charge in [0.15, 0.2) is 5.15 Å². The van der Waals surface area contributed by atoms with Gasteiger partial charge in [0.2, 0.25) is 0 Å². The highest BCUT2D eigenvalue weighted by atomic mass is 35.5. The van der Waals surface area contributed by atoms with Crippen LogP contribution in [0.2, 0.25) is 5.15 Å². The molecule has 1 aromatic heterocycles. The van der Waals surface area contributed by atoms with E-state index < -0.39 is 0 Å². The topological polar surface area (TPSA) is 29.9 Å². The Bertz CT molecular complexity index is 447. The molecule has 0 aliphatic rings. The lowest BCUT2D eigenvalue weighted by molar-refractivity contribution is 0.798. The number of halogens is 1. The van der Waals surface area contributed by atoms with Crippen LogP contribution < -0.4 is 5.32 Å². The molecule has 1 heterocycles. The number of nitrogens with one attached hydrogen (secondary N) is 1. The summed E-state index contributed by atoms with van der Waals surface area (Å²) < 4.78 is 1.78. The van der Waals surface area contributed by atoms with Crippen molar-refractivity contribution in [3.05, 3.63) is 23.4 Å². The van der Waals surface area contributed by atoms with Crippen LogP contribution in [0.5, 0.6) is 0 Å². The lowest BCUT2D eigenvalue weighted by Gasteiger charge is -2.02. The lowest BCUT2D eigenvalue weighted by Crippen LogP contribution is -1.94. The van der Waals surface area contributed by atoms with Crippen LogP contribution in [0.15, 0.2) is 18.2 Å². The molecule has 0 unspecified atom stereocenters. The zero-order chi connectivity index (χ0) is 9.42. The standard InChI is InChI=1S/C9H10ClN3/c1-11-7-5-3-4-6-8(7)13(2)12-9(6)10/h3-5,11H,1-2H3. The van der Waals surface area contributed by atoms with E-state index in [0.717, 1.165) is 16.6 Å². The zero-order valence-electron chi connectivity index (χ0n) is 7.50. The van der Waals surface area contributed by atoms with Crippen molar-refractivity contribution in [2.75, 3.05) is 12.4 Å². The molecule has 4 heteroatoms. The van der Waals surface area contributed by atoms with Crippen LogP contribution in [0.25, 0.3) is 10.9 Å². The molecule has 0 fully saturated rings. The number of hydrogen-bond acceptors (Lipinski definition) is 2. The van der Waals surface area contributed by atoms with Crippen LogP contribution in [-0.2, 0) is 7.05 Å². The zero-order valence-corrected chi connectivity index (χ0v) is 8.26. The maximum Gasteiger partial charge on any atom is 0.158 e. The molecule has 13 heavy (non-hydrogen) atoms. The van der Waals surface area contributed by atoms with E-state index in [1.54, 1.807) is 4.68 Å². The van der Waals surface area contributed by atoms with E-state index in [9.17, 15) is 0 Å². The Kier molecular flexibility index (Phi) is 1.88. The summed E-state index contributed by atoms with van der Waals surface area (Å²) in [6, 6.07) is 5.92. The summed E-state index contributed by atoms with van der Waals surface area (Å²) in [5, 5.41) is 8.78. The first kappa shape index (κ1) is 8.38. The Hall–Kier alpha value is -1.22. The summed E-state index contributed by atoms with van der Waals surface area (Å²) >= 11 is 5.95. The van der Waals surface area contributed by atoms with E-state index in [1.165, 1.54) is 0 Å². The van der Waals surface area contributed by atoms with E-state index in [-0.39, 0.29) is 0 Å². The van der Waals surface area contributed by atoms with Gasteiger partial charge in [-0.2, -0.15) is 5.10 Å². The van der Waals surface area contributed by atoms with Gasteiger partial charge in [-0.05, 0) is 12.1 Å². The number of aryl methyl sites for hydroxylation is 1. The van der Waals surface area contributed by atoms with Crippen LogP contribution >= 0.6 is 11.6 Å². The van der Waals surface area contributed by atoms with Crippen LogP contribution in [0.4, 0.5) is 5.69 Å². The fourth-order valence-corrected chi connectivity index (χ4v) is 1.76. The van der Waals surface area contributed by atoms with Gasteiger partial charge >= 0.3 is 0 Å². The number of aromatic nitrogens is 2. The van der Waals surface area contributed by atoms with Crippen LogP contribution in [0.1, 0.15) is 0 Å². The molecule has 0 radical (unpaired) electrons. The molecule has 3 nitrogen and oxygen atoms in total. The van der Waals surface area contributed by atoms with Crippen LogP contribution in [-0.4, -0.2) is 16.8 Å². The maximum atomic E-state index is 5.95. The molecule has 0 saturated heterocycles. The molecule has 0 bridgehead atoms. The van der Waals surface area contributed by atoms with E-state index >= 15 is 0 Å². The quantitative estimate of drug-likeness (QED) is 0.757. The number of hydrogen-bond donors (Lipinski definition) is 1. The Morgan fingerprint density at radius 3 is 2.92 bits per heavy atom. The first-order valence-corrected chi connectivity index (χ1v) is 4.41. The number of para-hydroxylation sites is 1. The van der Waals surface area contributed by atoms with E-state index in [1.807, 2.05) is 32.3 Å². The first-order chi connectivity index (χ1) is 6.24. The lowest BCUT2D eigenvalue weighted by atomic mass is 10.2. The first-order valence-electron chi connectivity index (χ1n) is 4.03. The molecule has 1 N–H and O–H groups in total. The highest BCUT2D eigenvalue weighted by Gasteiger charge is 2.08. The Morgan fingerprint density at radius 2 is 2.23 bits per heavy atom. The van der Waals surface area contributed by atoms with Crippen molar-refractivity contribution in [3.63, 3.8) is 0 Å². The highest BCUT2D eigenvalue weighted by Crippen LogP contribution is 2.27. The smallest absolute Gasteiger partial charge is 0.158 e. The molecule has 0 amide bonds. The summed E-state index contributed by atoms with van der Waals surface area (Å²) in [7, 11) is 3.77. The van der Waals surface area contributed by atoms with Crippen molar-refractivity contribution in [1.29, 1.82) is 0 Å². The average Bonchev–Trinajstić information content (AvgIpc) is 2.43. The molecule has 0 saturated carbocycles. The summed E-state index contributed by atoms with van der Waals surface area (Å²) in [5.41, 5.74) is 2.08. The molecule has 2 rings (SSSR count). The second-order valence-electron chi connectivity index (χ2n) is 2.87. The number of rotatable bonds is 1. The predicted molar refractivity (Wildman–Crippen MR) is 55.3 cm³/mol. The predicted octanol–water partition coefficient (Wildman–Crippen LogP) is 2.27. The van der Waals surface area contributed by atoms with Crippen LogP contribution in [0, 0.1) is 0 Å². The molecule has 2 aromatic rings. The number of benzene rings is 1. The Labute approximate surface area is 81.3 Å². The van der Waals surface area contributed by atoms with Crippen molar-refractivity contribution >= 4 is 28.2 Å². The summed E-state index contributed by atoms with van der Waals surface area (Å²) in [6.07, 6.45) is 0. The van der Waals surface area contributed by atoms with Gasteiger partial charge in [-0.3, -0.25) is 4.68 Å². The van der Waals surface area contributed by atoms with Gasteiger partial charge < -0.3 is 5.32 Å². The molecule has 0 atom stereocenters. The van der Waals surface area contributed by atoms with Gasteiger partial charge in [0, 0.05) is 19.5 Å². The van der Waals surface area contributed by atoms with E-state index in [0.29, 0.717) is 5.15 Å². The third-order valence-electron chi connectivity index (χ3n) is 2.09. The number of nitrogens with zero attached hydrogens (tertiary/aromatic N) is 2. The highest BCUT2D eigenvalue weighted by molar-refractivity contribution is 6.34. The Morgan fingerprint density at radius 1 is 1.46 bits per heavy atom. The van der Waals surface area contributed by atoms with Gasteiger partial charge in [-0.15, -0.1) is 0 Å². The average molecular weight is 196 g/mol. The van der Waals surface area contributed by atoms with E-state index in [4.69, 9.17) is 11.6 Å². The number of anilines is 1. The SMILES string of the molecule is CNc1cccc2c(Cl)nn(C)c12. The summed E-state index contributed by atoms with van der Waals surface area (Å²) in [4.78, 5) is 0. The molecule has 68 valence electrons.